The Bertz CT molecular complexity index is 2810. The number of rotatable bonds is 2. The van der Waals surface area contributed by atoms with Crippen LogP contribution in [-0.2, 0) is 0 Å². The summed E-state index contributed by atoms with van der Waals surface area (Å²) < 4.78 is 19.2. The van der Waals surface area contributed by atoms with Gasteiger partial charge in [-0.15, -0.1) is 0 Å². The summed E-state index contributed by atoms with van der Waals surface area (Å²) >= 11 is 0. The molecule has 0 aliphatic carbocycles. The minimum absolute atomic E-state index is 0.845. The summed E-state index contributed by atoms with van der Waals surface area (Å²) in [6.07, 6.45) is 0. The second-order valence-electron chi connectivity index (χ2n) is 12.2. The first-order valence-electron chi connectivity index (χ1n) is 15.5. The summed E-state index contributed by atoms with van der Waals surface area (Å²) in [6, 6.07) is 46.7. The number of hydrogen-bond acceptors (Lipinski definition) is 3. The van der Waals surface area contributed by atoms with Crippen LogP contribution in [0, 0.1) is 0 Å². The highest BCUT2D eigenvalue weighted by molar-refractivity contribution is 6.21. The fourth-order valence-electron chi connectivity index (χ4n) is 7.33. The molecule has 4 aromatic heterocycles. The molecule has 0 atom stereocenters. The lowest BCUT2D eigenvalue weighted by Crippen LogP contribution is -1.76. The van der Waals surface area contributed by atoms with Crippen molar-refractivity contribution in [3.05, 3.63) is 133 Å². The Kier molecular flexibility index (Phi) is 4.55. The number of furan rings is 3. The van der Waals surface area contributed by atoms with Crippen LogP contribution in [0.5, 0.6) is 0 Å². The fraction of sp³-hybridized carbons (Fsp3) is 0. The standard InChI is InChI=1S/C42H23NO3/c1-3-7-23(8-4-1)25-11-13-37-29(15-25)32-18-35-28(19-39(32)44-37)27-17-31-34-21-40-33(20-41(34)46-42(31)22-36(27)43-35)30-16-26(12-14-38(30)45-40)24-9-5-2-6-10-24/h1-22,43H. The van der Waals surface area contributed by atoms with Gasteiger partial charge in [-0.05, 0) is 76.9 Å². The highest BCUT2D eigenvalue weighted by atomic mass is 16.3. The Morgan fingerprint density at radius 2 is 0.696 bits per heavy atom. The third-order valence-corrected chi connectivity index (χ3v) is 9.58. The zero-order valence-corrected chi connectivity index (χ0v) is 24.4. The van der Waals surface area contributed by atoms with Crippen LogP contribution in [0.25, 0.3) is 110 Å². The van der Waals surface area contributed by atoms with Crippen molar-refractivity contribution >= 4 is 87.6 Å². The van der Waals surface area contributed by atoms with Gasteiger partial charge >= 0.3 is 0 Å². The van der Waals surface area contributed by atoms with Gasteiger partial charge in [0, 0.05) is 54.7 Å². The van der Waals surface area contributed by atoms with Crippen LogP contribution < -0.4 is 0 Å². The van der Waals surface area contributed by atoms with Crippen LogP contribution in [0.4, 0.5) is 0 Å². The van der Waals surface area contributed by atoms with E-state index in [1.807, 2.05) is 12.1 Å². The van der Waals surface area contributed by atoms with Crippen molar-refractivity contribution in [3.8, 4) is 22.3 Å². The van der Waals surface area contributed by atoms with Crippen LogP contribution in [0.15, 0.2) is 147 Å². The molecule has 11 aromatic rings. The van der Waals surface area contributed by atoms with Crippen molar-refractivity contribution in [1.82, 2.24) is 4.98 Å². The smallest absolute Gasteiger partial charge is 0.137 e. The lowest BCUT2D eigenvalue weighted by molar-refractivity contribution is 0.664. The van der Waals surface area contributed by atoms with E-state index in [0.717, 1.165) is 93.2 Å². The summed E-state index contributed by atoms with van der Waals surface area (Å²) in [5, 5.41) is 8.72. The Hall–Kier alpha value is -6.26. The number of nitrogens with one attached hydrogen (secondary N) is 1. The maximum atomic E-state index is 6.49. The minimum Gasteiger partial charge on any atom is -0.456 e. The molecule has 1 N–H and O–H groups in total. The van der Waals surface area contributed by atoms with E-state index in [9.17, 15) is 0 Å². The van der Waals surface area contributed by atoms with Gasteiger partial charge in [0.1, 0.15) is 33.5 Å². The second kappa shape index (κ2) is 8.68. The van der Waals surface area contributed by atoms with E-state index in [1.54, 1.807) is 0 Å². The third kappa shape index (κ3) is 3.33. The molecule has 4 heteroatoms. The summed E-state index contributed by atoms with van der Waals surface area (Å²) in [5.74, 6) is 0. The van der Waals surface area contributed by atoms with Crippen LogP contribution in [-0.4, -0.2) is 4.98 Å². The predicted molar refractivity (Wildman–Crippen MR) is 189 cm³/mol. The van der Waals surface area contributed by atoms with Gasteiger partial charge in [0.15, 0.2) is 0 Å². The van der Waals surface area contributed by atoms with E-state index in [-0.39, 0.29) is 0 Å². The molecule has 0 radical (unpaired) electrons. The van der Waals surface area contributed by atoms with Crippen molar-refractivity contribution in [3.63, 3.8) is 0 Å². The van der Waals surface area contributed by atoms with Crippen molar-refractivity contribution in [1.29, 1.82) is 0 Å². The largest absolute Gasteiger partial charge is 0.456 e. The van der Waals surface area contributed by atoms with Crippen molar-refractivity contribution in [2.75, 3.05) is 0 Å². The number of benzene rings is 7. The number of H-pyrrole nitrogens is 1. The van der Waals surface area contributed by atoms with Gasteiger partial charge in [0.2, 0.25) is 0 Å². The van der Waals surface area contributed by atoms with E-state index in [0.29, 0.717) is 0 Å². The Labute approximate surface area is 261 Å². The average Bonchev–Trinajstić information content (AvgIpc) is 3.84. The fourth-order valence-corrected chi connectivity index (χ4v) is 7.33. The predicted octanol–water partition coefficient (Wildman–Crippen LogP) is 12.4. The maximum absolute atomic E-state index is 6.49. The summed E-state index contributed by atoms with van der Waals surface area (Å²) in [4.78, 5) is 3.66. The molecule has 0 unspecified atom stereocenters. The molecule has 0 spiro atoms. The van der Waals surface area contributed by atoms with Gasteiger partial charge in [0.25, 0.3) is 0 Å². The van der Waals surface area contributed by atoms with Crippen LogP contribution in [0.1, 0.15) is 0 Å². The molecule has 0 fully saturated rings. The quantitative estimate of drug-likeness (QED) is 0.218. The normalized spacial score (nSPS) is 12.3. The van der Waals surface area contributed by atoms with Crippen molar-refractivity contribution < 1.29 is 13.3 Å². The van der Waals surface area contributed by atoms with Gasteiger partial charge in [-0.25, -0.2) is 0 Å². The van der Waals surface area contributed by atoms with E-state index in [4.69, 9.17) is 13.3 Å². The zero-order valence-electron chi connectivity index (χ0n) is 24.4. The van der Waals surface area contributed by atoms with Crippen molar-refractivity contribution in [2.45, 2.75) is 0 Å². The topological polar surface area (TPSA) is 55.2 Å². The van der Waals surface area contributed by atoms with E-state index in [2.05, 4.69) is 126 Å². The van der Waals surface area contributed by atoms with Gasteiger partial charge in [0.05, 0.1) is 5.52 Å². The maximum Gasteiger partial charge on any atom is 0.137 e. The first-order valence-corrected chi connectivity index (χ1v) is 15.5. The van der Waals surface area contributed by atoms with Crippen molar-refractivity contribution in [2.24, 2.45) is 0 Å². The second-order valence-corrected chi connectivity index (χ2v) is 12.2. The Balaban J connectivity index is 1.09. The molecule has 7 aromatic carbocycles. The summed E-state index contributed by atoms with van der Waals surface area (Å²) in [5.41, 5.74) is 12.0. The highest BCUT2D eigenvalue weighted by Gasteiger charge is 2.18. The lowest BCUT2D eigenvalue weighted by Gasteiger charge is -2.01. The SMILES string of the molecule is c1ccc(-c2ccc3oc4cc5c(cc4c3c2)[nH]c2cc3oc4cc6c(cc4c3cc25)oc2ccc(-c3ccccc3)cc26)cc1. The molecule has 0 saturated heterocycles. The third-order valence-electron chi connectivity index (χ3n) is 9.58. The summed E-state index contributed by atoms with van der Waals surface area (Å²) in [6.45, 7) is 0. The van der Waals surface area contributed by atoms with Gasteiger partial charge < -0.3 is 18.2 Å². The Morgan fingerprint density at radius 3 is 1.28 bits per heavy atom. The highest BCUT2D eigenvalue weighted by Crippen LogP contribution is 2.42. The van der Waals surface area contributed by atoms with Gasteiger partial charge in [-0.1, -0.05) is 72.8 Å². The number of hydrogen-bond donors (Lipinski definition) is 1. The molecular formula is C42H23NO3. The Morgan fingerprint density at radius 1 is 0.283 bits per heavy atom. The van der Waals surface area contributed by atoms with Crippen LogP contribution in [0.2, 0.25) is 0 Å². The molecule has 4 heterocycles. The molecule has 0 bridgehead atoms. The average molecular weight is 590 g/mol. The van der Waals surface area contributed by atoms with Crippen LogP contribution >= 0.6 is 0 Å². The number of fused-ring (bicyclic) bond motifs is 12. The van der Waals surface area contributed by atoms with Gasteiger partial charge in [-0.3, -0.25) is 0 Å². The number of aromatic nitrogens is 1. The molecule has 0 aliphatic heterocycles. The molecular weight excluding hydrogens is 566 g/mol. The zero-order chi connectivity index (χ0) is 29.9. The molecule has 214 valence electrons. The van der Waals surface area contributed by atoms with E-state index in [1.165, 1.54) is 16.7 Å². The minimum atomic E-state index is 0.845. The molecule has 46 heavy (non-hydrogen) atoms. The van der Waals surface area contributed by atoms with Gasteiger partial charge in [-0.2, -0.15) is 0 Å². The molecule has 0 amide bonds. The molecule has 0 aliphatic rings. The van der Waals surface area contributed by atoms with E-state index < -0.39 is 0 Å². The molecule has 0 saturated carbocycles. The monoisotopic (exact) mass is 589 g/mol. The summed E-state index contributed by atoms with van der Waals surface area (Å²) in [7, 11) is 0. The van der Waals surface area contributed by atoms with Crippen LogP contribution in [0.3, 0.4) is 0 Å². The first-order chi connectivity index (χ1) is 22.7. The first kappa shape index (κ1) is 24.1. The number of aromatic amines is 1. The lowest BCUT2D eigenvalue weighted by atomic mass is 10.0. The molecule has 4 nitrogen and oxygen atoms in total. The van der Waals surface area contributed by atoms with E-state index >= 15 is 0 Å². The molecule has 11 rings (SSSR count).